The van der Waals surface area contributed by atoms with E-state index < -0.39 is 29.1 Å². The highest BCUT2D eigenvalue weighted by Gasteiger charge is 2.70. The van der Waals surface area contributed by atoms with Crippen molar-refractivity contribution >= 4 is 6.29 Å². The number of hydrogen-bond donors (Lipinski definition) is 3. The largest absolute Gasteiger partial charge is 0.392 e. The second-order valence-corrected chi connectivity index (χ2v) is 13.7. The van der Waals surface area contributed by atoms with Crippen LogP contribution in [0, 0.1) is 45.3 Å². The fraction of sp³-hybridized carbons (Fsp3) is 0.833. The summed E-state index contributed by atoms with van der Waals surface area (Å²) in [5.74, 6) is 0.839. The molecule has 0 aromatic heterocycles. The molecular formula is C30H48O4. The van der Waals surface area contributed by atoms with E-state index in [1.54, 1.807) is 0 Å². The summed E-state index contributed by atoms with van der Waals surface area (Å²) in [6.07, 6.45) is 9.84. The van der Waals surface area contributed by atoms with E-state index in [1.165, 1.54) is 6.29 Å². The Morgan fingerprint density at radius 3 is 2.35 bits per heavy atom. The highest BCUT2D eigenvalue weighted by molar-refractivity contribution is 5.65. The van der Waals surface area contributed by atoms with Crippen molar-refractivity contribution in [2.75, 3.05) is 0 Å². The highest BCUT2D eigenvalue weighted by Crippen LogP contribution is 2.74. The van der Waals surface area contributed by atoms with Gasteiger partial charge in [0.1, 0.15) is 6.29 Å². The smallest absolute Gasteiger partial charge is 0.127 e. The van der Waals surface area contributed by atoms with Gasteiger partial charge in [0.15, 0.2) is 0 Å². The van der Waals surface area contributed by atoms with Gasteiger partial charge >= 0.3 is 0 Å². The average molecular weight is 473 g/mol. The number of hydrogen-bond acceptors (Lipinski definition) is 4. The second kappa shape index (κ2) is 8.56. The van der Waals surface area contributed by atoms with E-state index in [4.69, 9.17) is 0 Å². The third kappa shape index (κ3) is 3.53. The Morgan fingerprint density at radius 1 is 1.06 bits per heavy atom. The lowest BCUT2D eigenvalue weighted by Crippen LogP contribution is -2.64. The Kier molecular flexibility index (Phi) is 6.57. The standard InChI is InChI=1S/C30H48O4/c1-18(2)14-20(32)15-19(3)21-10-11-29(7)26-24(33)16-23-22(8-9-25(34)27(23,4)5)30(26,17-31)13-12-28(21,29)6/h14,16-17,19-22,24-26,32-34H,8-13,15H2,1-7H3/t19-,20?,21-,22?,24?,25+,26?,28-,29+,30-/m1/s1. The molecule has 10 atom stereocenters. The summed E-state index contributed by atoms with van der Waals surface area (Å²) in [5.41, 5.74) is 1.14. The first-order valence-corrected chi connectivity index (χ1v) is 13.6. The van der Waals surface area contributed by atoms with Crippen LogP contribution >= 0.6 is 0 Å². The molecule has 4 unspecified atom stereocenters. The minimum absolute atomic E-state index is 0.0182. The molecule has 4 heteroatoms. The van der Waals surface area contributed by atoms with Crippen LogP contribution in [0.2, 0.25) is 0 Å². The molecule has 34 heavy (non-hydrogen) atoms. The molecule has 4 nitrogen and oxygen atoms in total. The van der Waals surface area contributed by atoms with Crippen LogP contribution in [0.4, 0.5) is 0 Å². The summed E-state index contributed by atoms with van der Waals surface area (Å²) in [6, 6.07) is 0. The van der Waals surface area contributed by atoms with Gasteiger partial charge in [-0.2, -0.15) is 0 Å². The lowest BCUT2D eigenvalue weighted by molar-refractivity contribution is -0.183. The molecule has 0 saturated heterocycles. The summed E-state index contributed by atoms with van der Waals surface area (Å²) < 4.78 is 0. The summed E-state index contributed by atoms with van der Waals surface area (Å²) >= 11 is 0. The predicted molar refractivity (Wildman–Crippen MR) is 136 cm³/mol. The van der Waals surface area contributed by atoms with E-state index in [-0.39, 0.29) is 22.7 Å². The minimum atomic E-state index is -0.670. The van der Waals surface area contributed by atoms with Crippen molar-refractivity contribution in [1.29, 1.82) is 0 Å². The third-order valence-corrected chi connectivity index (χ3v) is 11.5. The first-order chi connectivity index (χ1) is 15.7. The number of allylic oxidation sites excluding steroid dienone is 1. The van der Waals surface area contributed by atoms with E-state index in [9.17, 15) is 20.1 Å². The van der Waals surface area contributed by atoms with Crippen LogP contribution in [0.5, 0.6) is 0 Å². The van der Waals surface area contributed by atoms with Crippen molar-refractivity contribution in [3.63, 3.8) is 0 Å². The van der Waals surface area contributed by atoms with Gasteiger partial charge < -0.3 is 20.1 Å². The Morgan fingerprint density at radius 2 is 1.74 bits per heavy atom. The summed E-state index contributed by atoms with van der Waals surface area (Å²) in [5, 5.41) is 33.0. The van der Waals surface area contributed by atoms with Crippen LogP contribution in [0.3, 0.4) is 0 Å². The summed E-state index contributed by atoms with van der Waals surface area (Å²) in [6.45, 7) is 15.2. The zero-order valence-corrected chi connectivity index (χ0v) is 22.5. The van der Waals surface area contributed by atoms with Gasteiger partial charge in [-0.1, -0.05) is 57.9 Å². The first kappa shape index (κ1) is 26.1. The zero-order chi connectivity index (χ0) is 25.3. The molecule has 3 N–H and O–H groups in total. The zero-order valence-electron chi connectivity index (χ0n) is 22.5. The lowest BCUT2D eigenvalue weighted by atomic mass is 9.38. The number of rotatable bonds is 5. The molecule has 4 aliphatic rings. The molecule has 3 saturated carbocycles. The molecule has 0 radical (unpaired) electrons. The Labute approximate surface area is 206 Å². The van der Waals surface area contributed by atoms with Crippen LogP contribution in [-0.4, -0.2) is 39.9 Å². The Bertz CT molecular complexity index is 869. The third-order valence-electron chi connectivity index (χ3n) is 11.5. The number of aldehydes is 1. The van der Waals surface area contributed by atoms with Crippen molar-refractivity contribution in [1.82, 2.24) is 0 Å². The number of aliphatic hydroxyl groups is 3. The topological polar surface area (TPSA) is 77.8 Å². The molecule has 0 aromatic carbocycles. The predicted octanol–water partition coefficient (Wildman–Crippen LogP) is 5.46. The van der Waals surface area contributed by atoms with E-state index in [0.717, 1.165) is 49.7 Å². The van der Waals surface area contributed by atoms with Crippen molar-refractivity contribution in [2.24, 2.45) is 45.3 Å². The van der Waals surface area contributed by atoms with Gasteiger partial charge in [-0.25, -0.2) is 0 Å². The lowest BCUT2D eigenvalue weighted by Gasteiger charge is -2.66. The maximum atomic E-state index is 13.1. The van der Waals surface area contributed by atoms with Gasteiger partial charge in [-0.15, -0.1) is 0 Å². The average Bonchev–Trinajstić information content (AvgIpc) is 3.01. The number of carbonyl (C=O) groups excluding carboxylic acids is 1. The van der Waals surface area contributed by atoms with Crippen molar-refractivity contribution in [3.8, 4) is 0 Å². The second-order valence-electron chi connectivity index (χ2n) is 13.7. The van der Waals surface area contributed by atoms with E-state index >= 15 is 0 Å². The van der Waals surface area contributed by atoms with Crippen LogP contribution in [0.15, 0.2) is 23.3 Å². The number of aliphatic hydroxyl groups excluding tert-OH is 3. The van der Waals surface area contributed by atoms with Gasteiger partial charge in [0, 0.05) is 16.7 Å². The molecule has 4 aliphatic carbocycles. The van der Waals surface area contributed by atoms with E-state index in [1.807, 2.05) is 26.0 Å². The fourth-order valence-corrected chi connectivity index (χ4v) is 9.55. The van der Waals surface area contributed by atoms with Crippen molar-refractivity contribution < 1.29 is 20.1 Å². The molecule has 0 spiro atoms. The van der Waals surface area contributed by atoms with Crippen LogP contribution in [0.25, 0.3) is 0 Å². The number of carbonyl (C=O) groups is 1. The van der Waals surface area contributed by atoms with Crippen LogP contribution in [-0.2, 0) is 4.79 Å². The van der Waals surface area contributed by atoms with E-state index in [2.05, 4.69) is 34.6 Å². The van der Waals surface area contributed by atoms with Crippen molar-refractivity contribution in [2.45, 2.75) is 112 Å². The minimum Gasteiger partial charge on any atom is -0.392 e. The molecule has 0 amide bonds. The molecule has 4 rings (SSSR count). The van der Waals surface area contributed by atoms with Crippen LogP contribution < -0.4 is 0 Å². The van der Waals surface area contributed by atoms with Gasteiger partial charge in [0.2, 0.25) is 0 Å². The molecule has 3 fully saturated rings. The maximum absolute atomic E-state index is 13.1. The Balaban J connectivity index is 1.72. The monoisotopic (exact) mass is 472 g/mol. The Hall–Kier alpha value is -0.970. The summed E-state index contributed by atoms with van der Waals surface area (Å²) in [7, 11) is 0. The van der Waals surface area contributed by atoms with Gasteiger partial charge in [0.05, 0.1) is 18.3 Å². The highest BCUT2D eigenvalue weighted by atomic mass is 16.3. The summed E-state index contributed by atoms with van der Waals surface area (Å²) in [4.78, 5) is 13.1. The quantitative estimate of drug-likeness (QED) is 0.367. The van der Waals surface area contributed by atoms with Crippen molar-refractivity contribution in [3.05, 3.63) is 23.3 Å². The number of fused-ring (bicyclic) bond motifs is 5. The SMILES string of the molecule is CC(C)=CC(O)C[C@@H](C)[C@H]1CC[C@@]2(C)C3C(O)C=C4C(CC[C@H](O)C4(C)C)[C@]3(C=O)CC[C@]12C. The van der Waals surface area contributed by atoms with Crippen LogP contribution in [0.1, 0.15) is 93.4 Å². The molecule has 192 valence electrons. The molecule has 0 aromatic rings. The maximum Gasteiger partial charge on any atom is 0.127 e. The first-order valence-electron chi connectivity index (χ1n) is 13.6. The molecule has 0 aliphatic heterocycles. The molecule has 0 heterocycles. The fourth-order valence-electron chi connectivity index (χ4n) is 9.55. The molecule has 0 bridgehead atoms. The van der Waals surface area contributed by atoms with E-state index in [0.29, 0.717) is 18.3 Å². The van der Waals surface area contributed by atoms with Gasteiger partial charge in [0.25, 0.3) is 0 Å². The normalized spacial score (nSPS) is 46.9. The molecular weight excluding hydrogens is 424 g/mol. The van der Waals surface area contributed by atoms with Gasteiger partial charge in [-0.3, -0.25) is 0 Å². The van der Waals surface area contributed by atoms with Gasteiger partial charge in [-0.05, 0) is 87.4 Å².